The van der Waals surface area contributed by atoms with E-state index in [0.29, 0.717) is 11.6 Å². The molecule has 124 valence electrons. The number of hydrogen-bond acceptors (Lipinski definition) is 6. The highest BCUT2D eigenvalue weighted by molar-refractivity contribution is 7.13. The average Bonchev–Trinajstić information content (AvgIpc) is 2.96. The van der Waals surface area contributed by atoms with E-state index in [4.69, 9.17) is 4.98 Å². The average molecular weight is 333 g/mol. The van der Waals surface area contributed by atoms with Gasteiger partial charge < -0.3 is 5.32 Å². The lowest BCUT2D eigenvalue weighted by molar-refractivity contribution is 0.164. The molecule has 0 radical (unpaired) electrons. The summed E-state index contributed by atoms with van der Waals surface area (Å²) in [6.45, 7) is 10.00. The summed E-state index contributed by atoms with van der Waals surface area (Å²) in [5.74, 6) is 0. The Morgan fingerprint density at radius 3 is 2.96 bits per heavy atom. The number of nitrogens with zero attached hydrogens (tertiary/aromatic N) is 4. The lowest BCUT2D eigenvalue weighted by Gasteiger charge is -2.33. The van der Waals surface area contributed by atoms with E-state index in [0.717, 1.165) is 48.1 Å². The van der Waals surface area contributed by atoms with Gasteiger partial charge in [-0.1, -0.05) is 0 Å². The van der Waals surface area contributed by atoms with Gasteiger partial charge in [-0.2, -0.15) is 5.10 Å². The van der Waals surface area contributed by atoms with E-state index in [1.807, 2.05) is 13.8 Å². The topological polar surface area (TPSA) is 63.1 Å². The van der Waals surface area contributed by atoms with Gasteiger partial charge in [0.15, 0.2) is 0 Å². The Hall–Kier alpha value is -1.57. The molecule has 7 heteroatoms. The normalized spacial score (nSPS) is 19.2. The third kappa shape index (κ3) is 3.22. The molecule has 1 N–H and O–H groups in total. The second-order valence-electron chi connectivity index (χ2n) is 6.18. The van der Waals surface area contributed by atoms with Gasteiger partial charge in [0, 0.05) is 44.6 Å². The van der Waals surface area contributed by atoms with Crippen molar-refractivity contribution in [1.82, 2.24) is 25.0 Å². The molecule has 1 aliphatic heterocycles. The molecule has 1 fully saturated rings. The first kappa shape index (κ1) is 16.3. The monoisotopic (exact) mass is 333 g/mol. The molecule has 2 aromatic rings. The molecular weight excluding hydrogens is 310 g/mol. The van der Waals surface area contributed by atoms with E-state index in [1.165, 1.54) is 4.68 Å². The number of rotatable bonds is 3. The van der Waals surface area contributed by atoms with Crippen LogP contribution in [-0.2, 0) is 13.6 Å². The van der Waals surface area contributed by atoms with Crippen LogP contribution in [0.3, 0.4) is 0 Å². The lowest BCUT2D eigenvalue weighted by atomic mass is 10.1. The van der Waals surface area contributed by atoms with Crippen molar-refractivity contribution in [2.75, 3.05) is 19.6 Å². The van der Waals surface area contributed by atoms with Gasteiger partial charge in [-0.15, -0.1) is 11.3 Å². The Morgan fingerprint density at radius 2 is 2.22 bits per heavy atom. The van der Waals surface area contributed by atoms with Crippen molar-refractivity contribution in [3.63, 3.8) is 0 Å². The summed E-state index contributed by atoms with van der Waals surface area (Å²) in [5, 5.41) is 10.5. The summed E-state index contributed by atoms with van der Waals surface area (Å²) in [5.41, 5.74) is 3.43. The van der Waals surface area contributed by atoms with Crippen molar-refractivity contribution in [3.8, 4) is 10.6 Å². The molecule has 1 aliphatic rings. The van der Waals surface area contributed by atoms with Crippen molar-refractivity contribution < 1.29 is 0 Å². The molecule has 0 aliphatic carbocycles. The fraction of sp³-hybridized carbons (Fsp3) is 0.562. The highest BCUT2D eigenvalue weighted by Gasteiger charge is 2.20. The summed E-state index contributed by atoms with van der Waals surface area (Å²) in [6, 6.07) is 0.506. The lowest BCUT2D eigenvalue weighted by Crippen LogP contribution is -2.49. The predicted octanol–water partition coefficient (Wildman–Crippen LogP) is 1.31. The zero-order valence-corrected chi connectivity index (χ0v) is 14.9. The zero-order chi connectivity index (χ0) is 16.6. The van der Waals surface area contributed by atoms with E-state index >= 15 is 0 Å². The minimum absolute atomic E-state index is 0.0791. The SMILES string of the molecule is Cc1nn(C)c(=O)c(-c2nc(CN3CCNC[C@H]3C)cs2)c1C. The number of piperazine rings is 1. The van der Waals surface area contributed by atoms with Crippen molar-refractivity contribution in [1.29, 1.82) is 0 Å². The summed E-state index contributed by atoms with van der Waals surface area (Å²) in [6.07, 6.45) is 0. The van der Waals surface area contributed by atoms with Crippen LogP contribution in [0.5, 0.6) is 0 Å². The Morgan fingerprint density at radius 1 is 1.43 bits per heavy atom. The van der Waals surface area contributed by atoms with Crippen LogP contribution in [0.25, 0.3) is 10.6 Å². The summed E-state index contributed by atoms with van der Waals surface area (Å²) in [7, 11) is 1.69. The number of nitrogens with one attached hydrogen (secondary N) is 1. The fourth-order valence-corrected chi connectivity index (χ4v) is 3.82. The molecule has 0 unspecified atom stereocenters. The van der Waals surface area contributed by atoms with Crippen LogP contribution >= 0.6 is 11.3 Å². The molecule has 2 aromatic heterocycles. The maximum atomic E-state index is 12.4. The third-order valence-electron chi connectivity index (χ3n) is 4.50. The van der Waals surface area contributed by atoms with E-state index in [-0.39, 0.29) is 5.56 Å². The summed E-state index contributed by atoms with van der Waals surface area (Å²) < 4.78 is 1.40. The van der Waals surface area contributed by atoms with Crippen LogP contribution < -0.4 is 10.9 Å². The van der Waals surface area contributed by atoms with Crippen molar-refractivity contribution >= 4 is 11.3 Å². The van der Waals surface area contributed by atoms with Crippen LogP contribution in [0.1, 0.15) is 23.9 Å². The van der Waals surface area contributed by atoms with Crippen LogP contribution in [0.4, 0.5) is 0 Å². The Labute approximate surface area is 140 Å². The van der Waals surface area contributed by atoms with Crippen LogP contribution in [0.15, 0.2) is 10.2 Å². The fourth-order valence-electron chi connectivity index (χ4n) is 2.92. The minimum atomic E-state index is -0.0791. The molecule has 3 rings (SSSR count). The van der Waals surface area contributed by atoms with Crippen LogP contribution in [0.2, 0.25) is 0 Å². The molecule has 23 heavy (non-hydrogen) atoms. The number of aromatic nitrogens is 3. The van der Waals surface area contributed by atoms with Gasteiger partial charge >= 0.3 is 0 Å². The van der Waals surface area contributed by atoms with Crippen LogP contribution in [-0.4, -0.2) is 45.3 Å². The maximum absolute atomic E-state index is 12.4. The second-order valence-corrected chi connectivity index (χ2v) is 7.04. The molecule has 0 spiro atoms. The number of hydrogen-bond donors (Lipinski definition) is 1. The zero-order valence-electron chi connectivity index (χ0n) is 14.1. The van der Waals surface area contributed by atoms with E-state index in [9.17, 15) is 4.79 Å². The second kappa shape index (κ2) is 6.51. The highest BCUT2D eigenvalue weighted by atomic mass is 32.1. The van der Waals surface area contributed by atoms with E-state index < -0.39 is 0 Å². The third-order valence-corrected chi connectivity index (χ3v) is 5.40. The van der Waals surface area contributed by atoms with Gasteiger partial charge in [0.1, 0.15) is 5.01 Å². The molecule has 3 heterocycles. The molecular formula is C16H23N5OS. The number of thiazole rings is 1. The first-order valence-electron chi connectivity index (χ1n) is 7.91. The Kier molecular flexibility index (Phi) is 4.61. The molecule has 0 bridgehead atoms. The highest BCUT2D eigenvalue weighted by Crippen LogP contribution is 2.25. The minimum Gasteiger partial charge on any atom is -0.314 e. The molecule has 0 aromatic carbocycles. The van der Waals surface area contributed by atoms with Crippen molar-refractivity contribution in [2.24, 2.45) is 7.05 Å². The van der Waals surface area contributed by atoms with Crippen LogP contribution in [0, 0.1) is 13.8 Å². The van der Waals surface area contributed by atoms with Gasteiger partial charge in [-0.05, 0) is 26.3 Å². The molecule has 6 nitrogen and oxygen atoms in total. The maximum Gasteiger partial charge on any atom is 0.277 e. The number of aryl methyl sites for hydroxylation is 2. The standard InChI is InChI=1S/C16H23N5OS/c1-10-7-17-5-6-21(10)8-13-9-23-15(18-13)14-11(2)12(3)19-20(4)16(14)22/h9-10,17H,5-8H2,1-4H3/t10-/m1/s1. The molecule has 1 atom stereocenters. The van der Waals surface area contributed by atoms with Gasteiger partial charge in [0.25, 0.3) is 5.56 Å². The first-order chi connectivity index (χ1) is 11.0. The molecule has 1 saturated heterocycles. The molecule has 0 amide bonds. The van der Waals surface area contributed by atoms with Crippen molar-refractivity contribution in [2.45, 2.75) is 33.4 Å². The van der Waals surface area contributed by atoms with Gasteiger partial charge in [0.05, 0.1) is 17.0 Å². The predicted molar refractivity (Wildman–Crippen MR) is 92.8 cm³/mol. The van der Waals surface area contributed by atoms with Gasteiger partial charge in [-0.25, -0.2) is 9.67 Å². The molecule has 0 saturated carbocycles. The van der Waals surface area contributed by atoms with E-state index in [2.05, 4.69) is 27.6 Å². The van der Waals surface area contributed by atoms with Gasteiger partial charge in [-0.3, -0.25) is 9.69 Å². The largest absolute Gasteiger partial charge is 0.314 e. The smallest absolute Gasteiger partial charge is 0.277 e. The first-order valence-corrected chi connectivity index (χ1v) is 8.79. The summed E-state index contributed by atoms with van der Waals surface area (Å²) >= 11 is 1.54. The van der Waals surface area contributed by atoms with E-state index in [1.54, 1.807) is 18.4 Å². The quantitative estimate of drug-likeness (QED) is 0.918. The van der Waals surface area contributed by atoms with Gasteiger partial charge in [0.2, 0.25) is 0 Å². The Bertz CT molecular complexity index is 766. The Balaban J connectivity index is 1.89. The van der Waals surface area contributed by atoms with Crippen molar-refractivity contribution in [3.05, 3.63) is 32.7 Å². The summed E-state index contributed by atoms with van der Waals surface area (Å²) in [4.78, 5) is 19.6.